The minimum atomic E-state index is -0.268. The second-order valence-electron chi connectivity index (χ2n) is 5.77. The Morgan fingerprint density at radius 3 is 2.83 bits per heavy atom. The zero-order valence-electron chi connectivity index (χ0n) is 12.9. The predicted molar refractivity (Wildman–Crippen MR) is 90.3 cm³/mol. The van der Waals surface area contributed by atoms with Crippen molar-refractivity contribution in [3.63, 3.8) is 0 Å². The van der Waals surface area contributed by atoms with Crippen molar-refractivity contribution in [1.82, 2.24) is 4.90 Å². The van der Waals surface area contributed by atoms with E-state index in [0.29, 0.717) is 22.8 Å². The lowest BCUT2D eigenvalue weighted by molar-refractivity contribution is 0.206. The molecular formula is C18H18ClFN2O. The zero-order valence-corrected chi connectivity index (χ0v) is 13.6. The minimum absolute atomic E-state index is 0.225. The van der Waals surface area contributed by atoms with Crippen LogP contribution >= 0.6 is 11.6 Å². The lowest BCUT2D eigenvalue weighted by Gasteiger charge is -2.25. The first kappa shape index (κ1) is 15.8. The first-order chi connectivity index (χ1) is 11.1. The number of nitrogens with one attached hydrogen (secondary N) is 1. The Balaban J connectivity index is 1.78. The van der Waals surface area contributed by atoms with Crippen LogP contribution in [0.25, 0.3) is 0 Å². The van der Waals surface area contributed by atoms with Crippen molar-refractivity contribution in [2.24, 2.45) is 0 Å². The number of hydrogen-bond acceptors (Lipinski definition) is 1. The van der Waals surface area contributed by atoms with Gasteiger partial charge in [-0.2, -0.15) is 0 Å². The van der Waals surface area contributed by atoms with Gasteiger partial charge >= 0.3 is 6.03 Å². The van der Waals surface area contributed by atoms with Crippen LogP contribution in [-0.4, -0.2) is 17.5 Å². The standard InChI is InChI=1S/C18H18ClFN2O/c1-12-8-9-13(11-15(12)19)21-18(23)22-10-4-7-17(22)14-5-2-3-6-16(14)20/h2-3,5-6,8-9,11,17H,4,7,10H2,1H3,(H,21,23). The van der Waals surface area contributed by atoms with E-state index in [1.165, 1.54) is 6.07 Å². The zero-order chi connectivity index (χ0) is 16.4. The average Bonchev–Trinajstić information content (AvgIpc) is 3.01. The number of aryl methyl sites for hydroxylation is 1. The predicted octanol–water partition coefficient (Wildman–Crippen LogP) is 5.16. The van der Waals surface area contributed by atoms with Gasteiger partial charge < -0.3 is 10.2 Å². The fourth-order valence-corrected chi connectivity index (χ4v) is 3.12. The van der Waals surface area contributed by atoms with Crippen LogP contribution in [0.1, 0.15) is 30.0 Å². The molecule has 2 aromatic carbocycles. The Labute approximate surface area is 140 Å². The lowest BCUT2D eigenvalue weighted by Crippen LogP contribution is -2.34. The fraction of sp³-hybridized carbons (Fsp3) is 0.278. The van der Waals surface area contributed by atoms with E-state index in [1.54, 1.807) is 29.2 Å². The van der Waals surface area contributed by atoms with E-state index >= 15 is 0 Å². The molecule has 0 spiro atoms. The van der Waals surface area contributed by atoms with Crippen molar-refractivity contribution >= 4 is 23.3 Å². The van der Waals surface area contributed by atoms with Gasteiger partial charge in [-0.15, -0.1) is 0 Å². The molecule has 120 valence electrons. The summed E-state index contributed by atoms with van der Waals surface area (Å²) in [6.45, 7) is 2.52. The number of hydrogen-bond donors (Lipinski definition) is 1. The molecule has 0 bridgehead atoms. The van der Waals surface area contributed by atoms with E-state index < -0.39 is 0 Å². The van der Waals surface area contributed by atoms with Crippen LogP contribution in [0.3, 0.4) is 0 Å². The first-order valence-electron chi connectivity index (χ1n) is 7.64. The van der Waals surface area contributed by atoms with Crippen LogP contribution in [0, 0.1) is 12.7 Å². The van der Waals surface area contributed by atoms with Gasteiger partial charge in [-0.3, -0.25) is 0 Å². The monoisotopic (exact) mass is 332 g/mol. The Morgan fingerprint density at radius 2 is 2.09 bits per heavy atom. The highest BCUT2D eigenvalue weighted by Crippen LogP contribution is 2.33. The van der Waals surface area contributed by atoms with Crippen molar-refractivity contribution in [2.75, 3.05) is 11.9 Å². The van der Waals surface area contributed by atoms with Crippen LogP contribution in [0.15, 0.2) is 42.5 Å². The summed E-state index contributed by atoms with van der Waals surface area (Å²) in [5.41, 5.74) is 2.17. The Bertz CT molecular complexity index is 735. The van der Waals surface area contributed by atoms with Crippen molar-refractivity contribution in [3.8, 4) is 0 Å². The summed E-state index contributed by atoms with van der Waals surface area (Å²) in [7, 11) is 0. The minimum Gasteiger partial charge on any atom is -0.317 e. The highest BCUT2D eigenvalue weighted by molar-refractivity contribution is 6.31. The Morgan fingerprint density at radius 1 is 1.30 bits per heavy atom. The van der Waals surface area contributed by atoms with Crippen molar-refractivity contribution < 1.29 is 9.18 Å². The molecule has 0 aromatic heterocycles. The second-order valence-corrected chi connectivity index (χ2v) is 6.17. The van der Waals surface area contributed by atoms with E-state index in [1.807, 2.05) is 19.1 Å². The summed E-state index contributed by atoms with van der Waals surface area (Å²) in [6.07, 6.45) is 1.63. The average molecular weight is 333 g/mol. The topological polar surface area (TPSA) is 32.3 Å². The van der Waals surface area contributed by atoms with Gasteiger partial charge in [-0.25, -0.2) is 9.18 Å². The molecule has 2 aromatic rings. The summed E-state index contributed by atoms with van der Waals surface area (Å²) >= 11 is 6.09. The van der Waals surface area contributed by atoms with Crippen molar-refractivity contribution in [3.05, 3.63) is 64.4 Å². The summed E-state index contributed by atoms with van der Waals surface area (Å²) in [6, 6.07) is 11.6. The molecule has 1 saturated heterocycles. The summed E-state index contributed by atoms with van der Waals surface area (Å²) in [5.74, 6) is -0.268. The third kappa shape index (κ3) is 3.32. The van der Waals surface area contributed by atoms with Gasteiger partial charge in [0, 0.05) is 22.8 Å². The van der Waals surface area contributed by atoms with Gasteiger partial charge in [0.2, 0.25) is 0 Å². The van der Waals surface area contributed by atoms with Gasteiger partial charge in [0.05, 0.1) is 6.04 Å². The molecule has 1 unspecified atom stereocenters. The molecule has 5 heteroatoms. The Kier molecular flexibility index (Phi) is 4.53. The number of benzene rings is 2. The van der Waals surface area contributed by atoms with E-state index in [0.717, 1.165) is 18.4 Å². The maximum atomic E-state index is 14.0. The Hall–Kier alpha value is -2.07. The van der Waals surface area contributed by atoms with Gasteiger partial charge in [-0.05, 0) is 43.5 Å². The molecule has 0 saturated carbocycles. The normalized spacial score (nSPS) is 17.3. The maximum Gasteiger partial charge on any atom is 0.322 e. The number of anilines is 1. The molecule has 3 nitrogen and oxygen atoms in total. The molecule has 0 radical (unpaired) electrons. The van der Waals surface area contributed by atoms with Gasteiger partial charge in [0.1, 0.15) is 5.82 Å². The summed E-state index contributed by atoms with van der Waals surface area (Å²) < 4.78 is 14.0. The number of carbonyl (C=O) groups is 1. The molecule has 1 atom stereocenters. The maximum absolute atomic E-state index is 14.0. The van der Waals surface area contributed by atoms with Crippen LogP contribution in [-0.2, 0) is 0 Å². The molecule has 1 aliphatic rings. The van der Waals surface area contributed by atoms with E-state index in [9.17, 15) is 9.18 Å². The molecule has 2 amide bonds. The van der Waals surface area contributed by atoms with Gasteiger partial charge in [0.15, 0.2) is 0 Å². The SMILES string of the molecule is Cc1ccc(NC(=O)N2CCCC2c2ccccc2F)cc1Cl. The van der Waals surface area contributed by atoms with Crippen LogP contribution in [0.2, 0.25) is 5.02 Å². The molecule has 3 rings (SSSR count). The third-order valence-corrected chi connectivity index (χ3v) is 4.61. The summed E-state index contributed by atoms with van der Waals surface area (Å²) in [5, 5.41) is 3.46. The smallest absolute Gasteiger partial charge is 0.317 e. The molecule has 0 aliphatic carbocycles. The number of halogens is 2. The lowest BCUT2D eigenvalue weighted by atomic mass is 10.0. The van der Waals surface area contributed by atoms with Gasteiger partial charge in [-0.1, -0.05) is 35.9 Å². The number of urea groups is 1. The van der Waals surface area contributed by atoms with Crippen LogP contribution < -0.4 is 5.32 Å². The number of likely N-dealkylation sites (tertiary alicyclic amines) is 1. The van der Waals surface area contributed by atoms with Crippen LogP contribution in [0.4, 0.5) is 14.9 Å². The number of carbonyl (C=O) groups excluding carboxylic acids is 1. The molecule has 23 heavy (non-hydrogen) atoms. The molecule has 1 heterocycles. The largest absolute Gasteiger partial charge is 0.322 e. The van der Waals surface area contributed by atoms with E-state index in [2.05, 4.69) is 5.32 Å². The molecule has 1 fully saturated rings. The highest BCUT2D eigenvalue weighted by atomic mass is 35.5. The number of nitrogens with zero attached hydrogens (tertiary/aromatic N) is 1. The summed E-state index contributed by atoms with van der Waals surface area (Å²) in [4.78, 5) is 14.2. The molecule has 1 aliphatic heterocycles. The third-order valence-electron chi connectivity index (χ3n) is 4.20. The molecular weight excluding hydrogens is 315 g/mol. The van der Waals surface area contributed by atoms with Gasteiger partial charge in [0.25, 0.3) is 0 Å². The van der Waals surface area contributed by atoms with E-state index in [-0.39, 0.29) is 17.9 Å². The quantitative estimate of drug-likeness (QED) is 0.809. The van der Waals surface area contributed by atoms with Crippen LogP contribution in [0.5, 0.6) is 0 Å². The van der Waals surface area contributed by atoms with Crippen molar-refractivity contribution in [2.45, 2.75) is 25.8 Å². The van der Waals surface area contributed by atoms with E-state index in [4.69, 9.17) is 11.6 Å². The fourth-order valence-electron chi connectivity index (χ4n) is 2.94. The number of amides is 2. The number of rotatable bonds is 2. The highest BCUT2D eigenvalue weighted by Gasteiger charge is 2.31. The second kappa shape index (κ2) is 6.59. The van der Waals surface area contributed by atoms with Crippen molar-refractivity contribution in [1.29, 1.82) is 0 Å². The first-order valence-corrected chi connectivity index (χ1v) is 8.02. The molecule has 1 N–H and O–H groups in total.